The molecule has 0 unspecified atom stereocenters. The average Bonchev–Trinajstić information content (AvgIpc) is 2.13. The standard InChI is InChI=1S/C9H14N2O2/c1-11(2)6-7-3-4-10-9(13)5-8(7)12/h6H,3-5H2,1-2H3,(H,10,13). The fourth-order valence-electron chi connectivity index (χ4n) is 1.25. The molecule has 0 aromatic carbocycles. The Morgan fingerprint density at radius 2 is 2.08 bits per heavy atom. The van der Waals surface area contributed by atoms with Crippen LogP contribution in [0.5, 0.6) is 0 Å². The molecule has 1 amide bonds. The van der Waals surface area contributed by atoms with Gasteiger partial charge in [0.25, 0.3) is 0 Å². The number of ketones is 1. The van der Waals surface area contributed by atoms with Gasteiger partial charge in [0.05, 0.1) is 6.42 Å². The van der Waals surface area contributed by atoms with Crippen LogP contribution in [0, 0.1) is 0 Å². The topological polar surface area (TPSA) is 49.4 Å². The van der Waals surface area contributed by atoms with E-state index in [0.717, 1.165) is 5.57 Å². The molecule has 4 heteroatoms. The first-order valence-electron chi connectivity index (χ1n) is 4.26. The zero-order valence-electron chi connectivity index (χ0n) is 7.96. The van der Waals surface area contributed by atoms with E-state index >= 15 is 0 Å². The van der Waals surface area contributed by atoms with Crippen molar-refractivity contribution >= 4 is 11.7 Å². The first-order valence-corrected chi connectivity index (χ1v) is 4.26. The third-order valence-electron chi connectivity index (χ3n) is 1.81. The second-order valence-electron chi connectivity index (χ2n) is 3.32. The van der Waals surface area contributed by atoms with Gasteiger partial charge in [-0.2, -0.15) is 0 Å². The van der Waals surface area contributed by atoms with Crippen LogP contribution in [0.1, 0.15) is 12.8 Å². The third kappa shape index (κ3) is 2.89. The quantitative estimate of drug-likeness (QED) is 0.455. The largest absolute Gasteiger partial charge is 0.383 e. The summed E-state index contributed by atoms with van der Waals surface area (Å²) in [6.07, 6.45) is 2.39. The molecule has 0 atom stereocenters. The summed E-state index contributed by atoms with van der Waals surface area (Å²) in [6, 6.07) is 0. The highest BCUT2D eigenvalue weighted by molar-refractivity contribution is 6.07. The summed E-state index contributed by atoms with van der Waals surface area (Å²) in [5.41, 5.74) is 0.725. The van der Waals surface area contributed by atoms with Crippen molar-refractivity contribution in [2.45, 2.75) is 12.8 Å². The lowest BCUT2D eigenvalue weighted by molar-refractivity contribution is -0.125. The van der Waals surface area contributed by atoms with Gasteiger partial charge in [-0.15, -0.1) is 0 Å². The maximum absolute atomic E-state index is 11.4. The summed E-state index contributed by atoms with van der Waals surface area (Å²) in [6.45, 7) is 0.560. The molecule has 0 saturated carbocycles. The van der Waals surface area contributed by atoms with Crippen LogP contribution >= 0.6 is 0 Å². The maximum Gasteiger partial charge on any atom is 0.227 e. The van der Waals surface area contributed by atoms with Crippen LogP contribution in [0.15, 0.2) is 11.8 Å². The molecule has 4 nitrogen and oxygen atoms in total. The lowest BCUT2D eigenvalue weighted by Gasteiger charge is -2.07. The number of hydrogen-bond acceptors (Lipinski definition) is 3. The zero-order chi connectivity index (χ0) is 9.84. The van der Waals surface area contributed by atoms with Gasteiger partial charge in [-0.3, -0.25) is 9.59 Å². The minimum atomic E-state index is -0.174. The van der Waals surface area contributed by atoms with Crippen LogP contribution in [0.4, 0.5) is 0 Å². The Morgan fingerprint density at radius 3 is 2.69 bits per heavy atom. The van der Waals surface area contributed by atoms with Crippen LogP contribution in [0.3, 0.4) is 0 Å². The summed E-state index contributed by atoms with van der Waals surface area (Å²) in [7, 11) is 3.72. The van der Waals surface area contributed by atoms with Gasteiger partial charge < -0.3 is 10.2 Å². The van der Waals surface area contributed by atoms with E-state index in [-0.39, 0.29) is 18.1 Å². The smallest absolute Gasteiger partial charge is 0.227 e. The Kier molecular flexibility index (Phi) is 3.06. The first kappa shape index (κ1) is 9.77. The molecule has 1 heterocycles. The second kappa shape index (κ2) is 4.07. The first-order chi connectivity index (χ1) is 6.09. The molecule has 1 fully saturated rings. The number of carbonyl (C=O) groups is 2. The van der Waals surface area contributed by atoms with Gasteiger partial charge >= 0.3 is 0 Å². The number of nitrogens with one attached hydrogen (secondary N) is 1. The molecule has 0 radical (unpaired) electrons. The molecule has 0 aromatic heterocycles. The lowest BCUT2D eigenvalue weighted by atomic mass is 10.1. The average molecular weight is 182 g/mol. The summed E-state index contributed by atoms with van der Waals surface area (Å²) in [5.74, 6) is -0.240. The predicted octanol–water partition coefficient (Wildman–Crippen LogP) is -0.0890. The van der Waals surface area contributed by atoms with E-state index in [1.54, 1.807) is 6.20 Å². The van der Waals surface area contributed by atoms with Gasteiger partial charge in [-0.05, 0) is 6.42 Å². The SMILES string of the molecule is CN(C)C=C1CCNC(=O)CC1=O. The molecular formula is C9H14N2O2. The van der Waals surface area contributed by atoms with Crippen LogP contribution in [0.2, 0.25) is 0 Å². The molecule has 13 heavy (non-hydrogen) atoms. The molecule has 0 aromatic rings. The maximum atomic E-state index is 11.4. The predicted molar refractivity (Wildman–Crippen MR) is 49.0 cm³/mol. The fraction of sp³-hybridized carbons (Fsp3) is 0.556. The molecule has 1 N–H and O–H groups in total. The highest BCUT2D eigenvalue weighted by atomic mass is 16.2. The van der Waals surface area contributed by atoms with E-state index in [0.29, 0.717) is 13.0 Å². The normalized spacial score (nSPS) is 21.2. The van der Waals surface area contributed by atoms with Crippen LogP contribution < -0.4 is 5.32 Å². The number of Topliss-reactive ketones (excluding diaryl/α,β-unsaturated/α-hetero) is 1. The van der Waals surface area contributed by atoms with E-state index in [2.05, 4.69) is 5.32 Å². The lowest BCUT2D eigenvalue weighted by Crippen LogP contribution is -2.22. The number of carbonyl (C=O) groups excluding carboxylic acids is 2. The fourth-order valence-corrected chi connectivity index (χ4v) is 1.25. The zero-order valence-corrected chi connectivity index (χ0v) is 7.96. The van der Waals surface area contributed by atoms with Crippen molar-refractivity contribution in [2.75, 3.05) is 20.6 Å². The molecule has 1 rings (SSSR count). The Balaban J connectivity index is 2.74. The highest BCUT2D eigenvalue weighted by Gasteiger charge is 2.18. The Labute approximate surface area is 77.6 Å². The summed E-state index contributed by atoms with van der Waals surface area (Å²) in [5, 5.41) is 2.66. The number of amides is 1. The summed E-state index contributed by atoms with van der Waals surface area (Å²) < 4.78 is 0. The van der Waals surface area contributed by atoms with Crippen molar-refractivity contribution < 1.29 is 9.59 Å². The number of rotatable bonds is 1. The molecular weight excluding hydrogens is 168 g/mol. The van der Waals surface area contributed by atoms with Gasteiger partial charge in [0.15, 0.2) is 5.78 Å². The molecule has 0 aliphatic carbocycles. The minimum Gasteiger partial charge on any atom is -0.383 e. The van der Waals surface area contributed by atoms with Crippen LogP contribution in [-0.2, 0) is 9.59 Å². The summed E-state index contributed by atoms with van der Waals surface area (Å²) >= 11 is 0. The van der Waals surface area contributed by atoms with Gasteiger partial charge in [0, 0.05) is 32.4 Å². The molecule has 1 saturated heterocycles. The van der Waals surface area contributed by atoms with Gasteiger partial charge in [-0.1, -0.05) is 0 Å². The van der Waals surface area contributed by atoms with Crippen LogP contribution in [0.25, 0.3) is 0 Å². The minimum absolute atomic E-state index is 0.0142. The van der Waals surface area contributed by atoms with Gasteiger partial charge in [-0.25, -0.2) is 0 Å². The Hall–Kier alpha value is -1.32. The van der Waals surface area contributed by atoms with Crippen molar-refractivity contribution in [2.24, 2.45) is 0 Å². The summed E-state index contributed by atoms with van der Waals surface area (Å²) in [4.78, 5) is 24.2. The number of hydrogen-bond donors (Lipinski definition) is 1. The second-order valence-corrected chi connectivity index (χ2v) is 3.32. The van der Waals surface area contributed by atoms with Gasteiger partial charge in [0.2, 0.25) is 5.91 Å². The van der Waals surface area contributed by atoms with Crippen molar-refractivity contribution in [3.05, 3.63) is 11.8 Å². The van der Waals surface area contributed by atoms with E-state index in [4.69, 9.17) is 0 Å². The van der Waals surface area contributed by atoms with E-state index in [1.807, 2.05) is 19.0 Å². The van der Waals surface area contributed by atoms with E-state index < -0.39 is 0 Å². The van der Waals surface area contributed by atoms with E-state index in [9.17, 15) is 9.59 Å². The van der Waals surface area contributed by atoms with Crippen molar-refractivity contribution in [1.82, 2.24) is 10.2 Å². The van der Waals surface area contributed by atoms with E-state index in [1.165, 1.54) is 0 Å². The molecule has 0 spiro atoms. The highest BCUT2D eigenvalue weighted by Crippen LogP contribution is 2.09. The number of nitrogens with zero attached hydrogens (tertiary/aromatic N) is 1. The molecule has 1 aliphatic rings. The molecule has 1 aliphatic heterocycles. The monoisotopic (exact) mass is 182 g/mol. The van der Waals surface area contributed by atoms with Crippen molar-refractivity contribution in [3.63, 3.8) is 0 Å². The van der Waals surface area contributed by atoms with Crippen molar-refractivity contribution in [1.29, 1.82) is 0 Å². The van der Waals surface area contributed by atoms with Crippen molar-refractivity contribution in [3.8, 4) is 0 Å². The molecule has 0 bridgehead atoms. The van der Waals surface area contributed by atoms with Crippen LogP contribution in [-0.4, -0.2) is 37.2 Å². The third-order valence-corrected chi connectivity index (χ3v) is 1.81. The Morgan fingerprint density at radius 1 is 1.38 bits per heavy atom. The van der Waals surface area contributed by atoms with Gasteiger partial charge in [0.1, 0.15) is 0 Å². The molecule has 72 valence electrons. The Bertz CT molecular complexity index is 256.